The Kier molecular flexibility index (Phi) is 7.44. The molecule has 0 radical (unpaired) electrons. The quantitative estimate of drug-likeness (QED) is 0.324. The van der Waals surface area contributed by atoms with E-state index < -0.39 is 65.5 Å². The van der Waals surface area contributed by atoms with E-state index in [1.807, 2.05) is 0 Å². The Morgan fingerprint density at radius 3 is 1.92 bits per heavy atom. The molecule has 0 saturated carbocycles. The lowest BCUT2D eigenvalue weighted by molar-refractivity contribution is -0.143. The van der Waals surface area contributed by atoms with E-state index >= 15 is 0 Å². The SMILES string of the molecule is CC[C@@H]1C[C@H](N(C=O)Cc2cc(C(F)(F)F)cc(C(F)(F)F)c2)c2cc(C(F)(F)F)ccc2N1C(=O)O. The van der Waals surface area contributed by atoms with Gasteiger partial charge in [0.2, 0.25) is 6.41 Å². The Bertz CT molecular complexity index is 1140. The number of alkyl halides is 9. The summed E-state index contributed by atoms with van der Waals surface area (Å²) in [5.74, 6) is 0. The van der Waals surface area contributed by atoms with Crippen molar-refractivity contribution in [2.45, 2.75) is 56.9 Å². The van der Waals surface area contributed by atoms with Gasteiger partial charge in [0.15, 0.2) is 0 Å². The first-order valence-electron chi connectivity index (χ1n) is 10.7. The molecular weight excluding hydrogens is 523 g/mol. The maximum atomic E-state index is 13.4. The number of carboxylic acid groups (broad SMARTS) is 1. The Hall–Kier alpha value is -3.45. The number of carbonyl (C=O) groups excluding carboxylic acids is 1. The number of amides is 2. The Balaban J connectivity index is 2.14. The molecule has 37 heavy (non-hydrogen) atoms. The average Bonchev–Trinajstić information content (AvgIpc) is 2.79. The molecule has 3 rings (SSSR count). The largest absolute Gasteiger partial charge is 0.465 e. The second kappa shape index (κ2) is 9.78. The summed E-state index contributed by atoms with van der Waals surface area (Å²) < 4.78 is 120. The number of hydrogen-bond acceptors (Lipinski definition) is 2. The topological polar surface area (TPSA) is 60.9 Å². The van der Waals surface area contributed by atoms with Gasteiger partial charge in [0, 0.05) is 12.6 Å². The second-order valence-electron chi connectivity index (χ2n) is 8.43. The van der Waals surface area contributed by atoms with Crippen molar-refractivity contribution in [2.75, 3.05) is 4.90 Å². The summed E-state index contributed by atoms with van der Waals surface area (Å²) in [6, 6.07) is 0.850. The molecule has 5 nitrogen and oxygen atoms in total. The predicted molar refractivity (Wildman–Crippen MR) is 111 cm³/mol. The van der Waals surface area contributed by atoms with Crippen LogP contribution in [0.4, 0.5) is 50.0 Å². The highest BCUT2D eigenvalue weighted by Crippen LogP contribution is 2.44. The van der Waals surface area contributed by atoms with E-state index in [2.05, 4.69) is 0 Å². The highest BCUT2D eigenvalue weighted by atomic mass is 19.4. The molecule has 1 N–H and O–H groups in total. The fraction of sp³-hybridized carbons (Fsp3) is 0.391. The van der Waals surface area contributed by atoms with Crippen LogP contribution in [-0.4, -0.2) is 28.6 Å². The third-order valence-electron chi connectivity index (χ3n) is 6.06. The Morgan fingerprint density at radius 1 is 0.946 bits per heavy atom. The van der Waals surface area contributed by atoms with Gasteiger partial charge in [0.05, 0.1) is 28.4 Å². The van der Waals surface area contributed by atoms with Crippen molar-refractivity contribution in [3.8, 4) is 0 Å². The number of rotatable bonds is 5. The second-order valence-corrected chi connectivity index (χ2v) is 8.43. The molecule has 2 amide bonds. The van der Waals surface area contributed by atoms with Crippen LogP contribution >= 0.6 is 0 Å². The monoisotopic (exact) mass is 542 g/mol. The predicted octanol–water partition coefficient (Wildman–Crippen LogP) is 7.11. The van der Waals surface area contributed by atoms with Crippen molar-refractivity contribution in [2.24, 2.45) is 0 Å². The summed E-state index contributed by atoms with van der Waals surface area (Å²) in [5.41, 5.74) is -5.38. The molecule has 14 heteroatoms. The number of carbonyl (C=O) groups is 2. The molecule has 0 saturated heterocycles. The van der Waals surface area contributed by atoms with Gasteiger partial charge in [-0.05, 0) is 60.4 Å². The van der Waals surface area contributed by atoms with Crippen LogP contribution < -0.4 is 4.90 Å². The molecule has 1 aliphatic heterocycles. The van der Waals surface area contributed by atoms with Crippen LogP contribution in [0.1, 0.15) is 53.6 Å². The maximum Gasteiger partial charge on any atom is 0.416 e. The van der Waals surface area contributed by atoms with Crippen molar-refractivity contribution < 1.29 is 54.2 Å². The summed E-state index contributed by atoms with van der Waals surface area (Å²) in [6.45, 7) is 0.779. The Labute approximate surface area is 204 Å². The van der Waals surface area contributed by atoms with Crippen LogP contribution in [0.25, 0.3) is 0 Å². The number of nitrogens with zero attached hydrogens (tertiary/aromatic N) is 2. The number of hydrogen-bond donors (Lipinski definition) is 1. The molecule has 2 aromatic rings. The summed E-state index contributed by atoms with van der Waals surface area (Å²) >= 11 is 0. The molecular formula is C23H19F9N2O3. The molecule has 202 valence electrons. The first kappa shape index (κ1) is 28.1. The Morgan fingerprint density at radius 2 is 1.49 bits per heavy atom. The van der Waals surface area contributed by atoms with Crippen LogP contribution in [-0.2, 0) is 29.9 Å². The molecule has 0 aliphatic carbocycles. The van der Waals surface area contributed by atoms with Crippen molar-refractivity contribution in [1.82, 2.24) is 4.90 Å². The van der Waals surface area contributed by atoms with E-state index in [9.17, 15) is 54.2 Å². The van der Waals surface area contributed by atoms with Gasteiger partial charge in [-0.25, -0.2) is 4.79 Å². The highest BCUT2D eigenvalue weighted by Gasteiger charge is 2.41. The van der Waals surface area contributed by atoms with Gasteiger partial charge in [0.1, 0.15) is 0 Å². The number of benzene rings is 2. The van der Waals surface area contributed by atoms with Crippen LogP contribution in [0, 0.1) is 0 Å². The summed E-state index contributed by atoms with van der Waals surface area (Å²) in [6.07, 6.45) is -16.6. The van der Waals surface area contributed by atoms with Gasteiger partial charge < -0.3 is 10.0 Å². The zero-order valence-electron chi connectivity index (χ0n) is 18.9. The molecule has 0 spiro atoms. The smallest absolute Gasteiger partial charge is 0.416 e. The first-order valence-corrected chi connectivity index (χ1v) is 10.7. The zero-order valence-corrected chi connectivity index (χ0v) is 18.9. The van der Waals surface area contributed by atoms with Gasteiger partial charge in [-0.2, -0.15) is 39.5 Å². The molecule has 2 aromatic carbocycles. The van der Waals surface area contributed by atoms with Gasteiger partial charge in [-0.1, -0.05) is 6.92 Å². The molecule has 1 aliphatic rings. The third kappa shape index (κ3) is 5.93. The van der Waals surface area contributed by atoms with Crippen LogP contribution in [0.3, 0.4) is 0 Å². The fourth-order valence-electron chi connectivity index (χ4n) is 4.37. The molecule has 1 heterocycles. The minimum atomic E-state index is -5.14. The average molecular weight is 542 g/mol. The fourth-order valence-corrected chi connectivity index (χ4v) is 4.37. The molecule has 2 atom stereocenters. The van der Waals surface area contributed by atoms with E-state index in [-0.39, 0.29) is 36.6 Å². The van der Waals surface area contributed by atoms with Gasteiger partial charge in [-0.3, -0.25) is 9.69 Å². The maximum absolute atomic E-state index is 13.4. The van der Waals surface area contributed by atoms with E-state index in [1.165, 1.54) is 0 Å². The zero-order chi connectivity index (χ0) is 27.9. The number of fused-ring (bicyclic) bond motifs is 1. The first-order chi connectivity index (χ1) is 17.0. The number of anilines is 1. The normalized spacial score (nSPS) is 18.4. The van der Waals surface area contributed by atoms with Crippen LogP contribution in [0.2, 0.25) is 0 Å². The van der Waals surface area contributed by atoms with Crippen molar-refractivity contribution in [1.29, 1.82) is 0 Å². The molecule has 0 bridgehead atoms. The number of halogens is 9. The summed E-state index contributed by atoms with van der Waals surface area (Å²) in [4.78, 5) is 25.5. The summed E-state index contributed by atoms with van der Waals surface area (Å²) in [7, 11) is 0. The lowest BCUT2D eigenvalue weighted by Gasteiger charge is -2.42. The van der Waals surface area contributed by atoms with E-state index in [0.29, 0.717) is 24.3 Å². The minimum Gasteiger partial charge on any atom is -0.465 e. The van der Waals surface area contributed by atoms with Crippen molar-refractivity contribution >= 4 is 18.2 Å². The summed E-state index contributed by atoms with van der Waals surface area (Å²) in [5, 5.41) is 9.65. The lowest BCUT2D eigenvalue weighted by atomic mass is 9.87. The van der Waals surface area contributed by atoms with Gasteiger partial charge in [0.25, 0.3) is 0 Å². The van der Waals surface area contributed by atoms with E-state index in [4.69, 9.17) is 0 Å². The van der Waals surface area contributed by atoms with E-state index in [0.717, 1.165) is 15.9 Å². The van der Waals surface area contributed by atoms with E-state index in [1.54, 1.807) is 6.92 Å². The third-order valence-corrected chi connectivity index (χ3v) is 6.06. The highest BCUT2D eigenvalue weighted by molar-refractivity contribution is 5.89. The minimum absolute atomic E-state index is 0.0852. The standard InChI is InChI=1S/C23H19F9N2O3/c1-2-16-9-19(17-8-13(21(24,25)26)3-4-18(17)34(16)20(36)37)33(11-35)10-12-5-14(22(27,28)29)7-15(6-12)23(30,31)32/h3-8,11,16,19H,2,9-10H2,1H3,(H,36,37)/t16-,19+/m1/s1. The molecule has 0 fully saturated rings. The van der Waals surface area contributed by atoms with Gasteiger partial charge in [-0.15, -0.1) is 0 Å². The van der Waals surface area contributed by atoms with Crippen LogP contribution in [0.5, 0.6) is 0 Å². The molecule has 0 unspecified atom stereocenters. The molecule has 0 aromatic heterocycles. The van der Waals surface area contributed by atoms with Crippen molar-refractivity contribution in [3.63, 3.8) is 0 Å². The van der Waals surface area contributed by atoms with Crippen LogP contribution in [0.15, 0.2) is 36.4 Å². The lowest BCUT2D eigenvalue weighted by Crippen LogP contribution is -2.46. The van der Waals surface area contributed by atoms with Gasteiger partial charge >= 0.3 is 24.6 Å². The van der Waals surface area contributed by atoms with Crippen molar-refractivity contribution in [3.05, 3.63) is 64.2 Å².